The summed E-state index contributed by atoms with van der Waals surface area (Å²) in [5.74, 6) is 1.10. The Morgan fingerprint density at radius 1 is 1.07 bits per heavy atom. The zero-order valence-electron chi connectivity index (χ0n) is 16.4. The summed E-state index contributed by atoms with van der Waals surface area (Å²) in [7, 11) is 0. The second kappa shape index (κ2) is 8.55. The third-order valence-electron chi connectivity index (χ3n) is 5.34. The summed E-state index contributed by atoms with van der Waals surface area (Å²) < 4.78 is 50.1. The van der Waals surface area contributed by atoms with E-state index in [1.165, 1.54) is 12.1 Å². The summed E-state index contributed by atoms with van der Waals surface area (Å²) >= 11 is 0. The maximum atomic E-state index is 12.9. The number of carbonyl (C=O) groups is 1. The third-order valence-corrected chi connectivity index (χ3v) is 5.34. The van der Waals surface area contributed by atoms with E-state index < -0.39 is 11.7 Å². The first-order valence-electron chi connectivity index (χ1n) is 10.0. The Hall–Kier alpha value is -2.74. The number of nitrogens with one attached hydrogen (secondary N) is 1. The molecule has 160 valence electrons. The monoisotopic (exact) mass is 420 g/mol. The highest BCUT2D eigenvalue weighted by atomic mass is 19.4. The average molecular weight is 420 g/mol. The summed E-state index contributed by atoms with van der Waals surface area (Å²) in [6.45, 7) is 2.08. The molecule has 0 aromatic heterocycles. The lowest BCUT2D eigenvalue weighted by Gasteiger charge is -2.25. The van der Waals surface area contributed by atoms with Crippen molar-refractivity contribution in [1.29, 1.82) is 0 Å². The maximum absolute atomic E-state index is 12.9. The van der Waals surface area contributed by atoms with Gasteiger partial charge in [0.1, 0.15) is 0 Å². The second-order valence-corrected chi connectivity index (χ2v) is 7.51. The first-order valence-corrected chi connectivity index (χ1v) is 10.0. The Labute approximate surface area is 172 Å². The van der Waals surface area contributed by atoms with Gasteiger partial charge in [-0.05, 0) is 55.3 Å². The number of amides is 1. The standard InChI is InChI=1S/C22H23F3N2O3/c23-22(24,25)16-4-1-5-17(13-16)26-21(28)14-27-9-2-6-18(27)15-7-8-19-20(12-15)30-11-3-10-29-19/h1,4-5,7-8,12-13,18H,2-3,6,9-11,14H2,(H,26,28)/t18-/m0/s1. The summed E-state index contributed by atoms with van der Waals surface area (Å²) in [4.78, 5) is 14.5. The predicted molar refractivity (Wildman–Crippen MR) is 106 cm³/mol. The normalized spacial score (nSPS) is 19.4. The van der Waals surface area contributed by atoms with Crippen LogP contribution in [0.25, 0.3) is 0 Å². The number of rotatable bonds is 4. The molecule has 0 aliphatic carbocycles. The Balaban J connectivity index is 1.43. The van der Waals surface area contributed by atoms with Crippen LogP contribution in [0.2, 0.25) is 0 Å². The Morgan fingerprint density at radius 2 is 1.87 bits per heavy atom. The van der Waals surface area contributed by atoms with Crippen LogP contribution in [-0.2, 0) is 11.0 Å². The predicted octanol–water partition coefficient (Wildman–Crippen LogP) is 4.64. The number of benzene rings is 2. The number of hydrogen-bond acceptors (Lipinski definition) is 4. The fraction of sp³-hybridized carbons (Fsp3) is 0.409. The van der Waals surface area contributed by atoms with Crippen molar-refractivity contribution in [1.82, 2.24) is 4.90 Å². The molecule has 1 amide bonds. The lowest BCUT2D eigenvalue weighted by molar-refractivity contribution is -0.137. The zero-order valence-corrected chi connectivity index (χ0v) is 16.4. The van der Waals surface area contributed by atoms with Crippen molar-refractivity contribution >= 4 is 11.6 Å². The molecule has 0 unspecified atom stereocenters. The van der Waals surface area contributed by atoms with E-state index in [9.17, 15) is 18.0 Å². The van der Waals surface area contributed by atoms with Crippen LogP contribution < -0.4 is 14.8 Å². The molecule has 2 heterocycles. The van der Waals surface area contributed by atoms with Gasteiger partial charge in [-0.3, -0.25) is 9.69 Å². The highest BCUT2D eigenvalue weighted by molar-refractivity contribution is 5.92. The van der Waals surface area contributed by atoms with E-state index in [2.05, 4.69) is 5.32 Å². The number of nitrogens with zero attached hydrogens (tertiary/aromatic N) is 1. The van der Waals surface area contributed by atoms with Crippen LogP contribution in [0.3, 0.4) is 0 Å². The third kappa shape index (κ3) is 4.70. The van der Waals surface area contributed by atoms with Crippen molar-refractivity contribution in [2.45, 2.75) is 31.5 Å². The van der Waals surface area contributed by atoms with Gasteiger partial charge in [0.15, 0.2) is 11.5 Å². The van der Waals surface area contributed by atoms with Crippen molar-refractivity contribution in [3.8, 4) is 11.5 Å². The van der Waals surface area contributed by atoms with E-state index in [1.54, 1.807) is 0 Å². The minimum atomic E-state index is -4.45. The van der Waals surface area contributed by atoms with Crippen molar-refractivity contribution in [3.63, 3.8) is 0 Å². The Morgan fingerprint density at radius 3 is 2.67 bits per heavy atom. The number of fused-ring (bicyclic) bond motifs is 1. The van der Waals surface area contributed by atoms with Crippen LogP contribution in [-0.4, -0.2) is 37.1 Å². The molecule has 4 rings (SSSR count). The summed E-state index contributed by atoms with van der Waals surface area (Å²) in [6, 6.07) is 10.6. The van der Waals surface area contributed by atoms with Gasteiger partial charge >= 0.3 is 6.18 Å². The van der Waals surface area contributed by atoms with Crippen LogP contribution in [0.4, 0.5) is 18.9 Å². The van der Waals surface area contributed by atoms with Crippen LogP contribution in [0.15, 0.2) is 42.5 Å². The van der Waals surface area contributed by atoms with Gasteiger partial charge < -0.3 is 14.8 Å². The van der Waals surface area contributed by atoms with Gasteiger partial charge in [-0.2, -0.15) is 13.2 Å². The largest absolute Gasteiger partial charge is 0.490 e. The van der Waals surface area contributed by atoms with E-state index in [0.717, 1.165) is 49.3 Å². The van der Waals surface area contributed by atoms with E-state index in [-0.39, 0.29) is 24.2 Å². The summed E-state index contributed by atoms with van der Waals surface area (Å²) in [5, 5.41) is 2.59. The molecule has 30 heavy (non-hydrogen) atoms. The van der Waals surface area contributed by atoms with Gasteiger partial charge in [0, 0.05) is 18.2 Å². The van der Waals surface area contributed by atoms with Crippen LogP contribution in [0.5, 0.6) is 11.5 Å². The Bertz CT molecular complexity index is 917. The maximum Gasteiger partial charge on any atom is 0.416 e. The fourth-order valence-electron chi connectivity index (χ4n) is 3.94. The molecule has 2 aromatic rings. The van der Waals surface area contributed by atoms with Crippen molar-refractivity contribution < 1.29 is 27.4 Å². The molecule has 0 saturated carbocycles. The molecule has 8 heteroatoms. The fourth-order valence-corrected chi connectivity index (χ4v) is 3.94. The second-order valence-electron chi connectivity index (χ2n) is 7.51. The van der Waals surface area contributed by atoms with Crippen molar-refractivity contribution in [2.24, 2.45) is 0 Å². The molecule has 0 spiro atoms. The topological polar surface area (TPSA) is 50.8 Å². The van der Waals surface area contributed by atoms with E-state index >= 15 is 0 Å². The molecular formula is C22H23F3N2O3. The zero-order chi connectivity index (χ0) is 21.1. The number of anilines is 1. The highest BCUT2D eigenvalue weighted by Crippen LogP contribution is 2.38. The molecule has 2 aliphatic rings. The lowest BCUT2D eigenvalue weighted by atomic mass is 10.0. The first kappa shape index (κ1) is 20.5. The number of carbonyl (C=O) groups excluding carboxylic acids is 1. The SMILES string of the molecule is O=C(CN1CCC[C@H]1c1ccc2c(c1)OCCCO2)Nc1cccc(C(F)(F)F)c1. The molecule has 2 aliphatic heterocycles. The molecule has 5 nitrogen and oxygen atoms in total. The smallest absolute Gasteiger partial charge is 0.416 e. The number of hydrogen-bond donors (Lipinski definition) is 1. The number of ether oxygens (including phenoxy) is 2. The molecule has 1 fully saturated rings. The minimum Gasteiger partial charge on any atom is -0.490 e. The van der Waals surface area contributed by atoms with Gasteiger partial charge in [-0.15, -0.1) is 0 Å². The van der Waals surface area contributed by atoms with Gasteiger partial charge in [-0.25, -0.2) is 0 Å². The van der Waals surface area contributed by atoms with E-state index in [0.29, 0.717) is 19.0 Å². The lowest BCUT2D eigenvalue weighted by Crippen LogP contribution is -2.33. The van der Waals surface area contributed by atoms with Gasteiger partial charge in [0.05, 0.1) is 25.3 Å². The average Bonchev–Trinajstić information content (AvgIpc) is 3.02. The summed E-state index contributed by atoms with van der Waals surface area (Å²) in [5.41, 5.74) is 0.399. The number of likely N-dealkylation sites (tertiary alicyclic amines) is 1. The quantitative estimate of drug-likeness (QED) is 0.783. The molecule has 0 bridgehead atoms. The Kier molecular flexibility index (Phi) is 5.85. The summed E-state index contributed by atoms with van der Waals surface area (Å²) in [6.07, 6.45) is -1.78. The number of alkyl halides is 3. The minimum absolute atomic E-state index is 0.0504. The van der Waals surface area contributed by atoms with Gasteiger partial charge in [-0.1, -0.05) is 12.1 Å². The molecule has 1 N–H and O–H groups in total. The molecular weight excluding hydrogens is 397 g/mol. The highest BCUT2D eigenvalue weighted by Gasteiger charge is 2.31. The van der Waals surface area contributed by atoms with Crippen LogP contribution >= 0.6 is 0 Å². The number of halogens is 3. The first-order chi connectivity index (χ1) is 14.4. The molecule has 1 atom stereocenters. The van der Waals surface area contributed by atoms with Gasteiger partial charge in [0.25, 0.3) is 0 Å². The van der Waals surface area contributed by atoms with Crippen LogP contribution in [0.1, 0.15) is 36.4 Å². The molecule has 0 radical (unpaired) electrons. The molecule has 1 saturated heterocycles. The van der Waals surface area contributed by atoms with E-state index in [4.69, 9.17) is 9.47 Å². The van der Waals surface area contributed by atoms with Crippen molar-refractivity contribution in [3.05, 3.63) is 53.6 Å². The van der Waals surface area contributed by atoms with E-state index in [1.807, 2.05) is 23.1 Å². The molecule has 2 aromatic carbocycles. The van der Waals surface area contributed by atoms with Crippen LogP contribution in [0, 0.1) is 0 Å². The van der Waals surface area contributed by atoms with Crippen molar-refractivity contribution in [2.75, 3.05) is 31.6 Å². The van der Waals surface area contributed by atoms with Gasteiger partial charge in [0.2, 0.25) is 5.91 Å².